The molecule has 0 spiro atoms. The highest BCUT2D eigenvalue weighted by atomic mass is 29.9. The molecule has 0 heterocycles. The fourth-order valence-corrected chi connectivity index (χ4v) is 86.3. The van der Waals surface area contributed by atoms with Crippen LogP contribution >= 0.6 is 0 Å². The molecule has 0 amide bonds. The van der Waals surface area contributed by atoms with E-state index in [4.69, 9.17) is 0 Å². The van der Waals surface area contributed by atoms with Crippen LogP contribution in [0.4, 0.5) is 0 Å². The molecule has 4 heteroatoms. The Morgan fingerprint density at radius 1 is 0.333 bits per heavy atom. The van der Waals surface area contributed by atoms with Crippen molar-refractivity contribution >= 4 is 71.7 Å². The molecule has 42 heavy (non-hydrogen) atoms. The zero-order chi connectivity index (χ0) is 29.6. The lowest BCUT2D eigenvalue weighted by molar-refractivity contribution is 1.69. The summed E-state index contributed by atoms with van der Waals surface area (Å²) in [7, 11) is -6.59. The standard InChI is InChI=1S/C38H42Si4/c1-39(2,3)42(6,40(4,33-23-9-7-10-24-33)37-29-17-21-31-19-13-15-27-35(31)37)41(5,34-25-11-8-12-26-34)38-30-18-22-32-20-14-16-28-36(32)38/h7-30H,1-6H3/t40-,41-/m1/s1. The van der Waals surface area contributed by atoms with E-state index in [0.717, 1.165) is 0 Å². The van der Waals surface area contributed by atoms with Gasteiger partial charge in [-0.2, -0.15) is 0 Å². The summed E-state index contributed by atoms with van der Waals surface area (Å²) in [6.45, 7) is 14.4. The van der Waals surface area contributed by atoms with Crippen LogP contribution in [0.5, 0.6) is 0 Å². The average molecular weight is 611 g/mol. The lowest BCUT2D eigenvalue weighted by Gasteiger charge is -2.60. The number of hydrogen-bond acceptors (Lipinski definition) is 0. The van der Waals surface area contributed by atoms with Gasteiger partial charge in [-0.3, -0.25) is 0 Å². The van der Waals surface area contributed by atoms with E-state index in [1.165, 1.54) is 21.5 Å². The number of fused-ring (bicyclic) bond motifs is 2. The molecule has 0 nitrogen and oxygen atoms in total. The van der Waals surface area contributed by atoms with Crippen molar-refractivity contribution in [2.24, 2.45) is 0 Å². The van der Waals surface area contributed by atoms with Gasteiger partial charge in [0.2, 0.25) is 0 Å². The molecular weight excluding hydrogens is 569 g/mol. The summed E-state index contributed by atoms with van der Waals surface area (Å²) >= 11 is 0. The first-order valence-corrected chi connectivity index (χ1v) is 29.2. The summed E-state index contributed by atoms with van der Waals surface area (Å²) < 4.78 is 0. The van der Waals surface area contributed by atoms with Crippen LogP contribution in [0.1, 0.15) is 0 Å². The smallest absolute Gasteiger partial charge is 0.0734 e. The second-order valence-electron chi connectivity index (χ2n) is 13.4. The van der Waals surface area contributed by atoms with Crippen molar-refractivity contribution in [2.45, 2.75) is 39.3 Å². The Bertz CT molecular complexity index is 1720. The van der Waals surface area contributed by atoms with Crippen molar-refractivity contribution in [1.29, 1.82) is 0 Å². The SMILES string of the molecule is C[Si](C)(C)[Si](C)([Si@](C)(c1ccccc1)c1cccc2ccccc12)[Si@](C)(c1ccccc1)c1cccc2ccccc12. The quantitative estimate of drug-likeness (QED) is 0.162. The van der Waals surface area contributed by atoms with Crippen LogP contribution < -0.4 is 20.7 Å². The molecule has 2 atom stereocenters. The monoisotopic (exact) mass is 610 g/mol. The van der Waals surface area contributed by atoms with Gasteiger partial charge in [0.05, 0.1) is 6.63 Å². The zero-order valence-corrected chi connectivity index (χ0v) is 29.9. The Hall–Kier alpha value is -3.29. The van der Waals surface area contributed by atoms with Gasteiger partial charge in [-0.05, 0) is 31.9 Å². The third-order valence-corrected chi connectivity index (χ3v) is 79.7. The molecule has 0 saturated heterocycles. The van der Waals surface area contributed by atoms with E-state index >= 15 is 0 Å². The highest BCUT2D eigenvalue weighted by molar-refractivity contribution is 7.95. The van der Waals surface area contributed by atoms with Crippen LogP contribution in [-0.2, 0) is 0 Å². The summed E-state index contributed by atoms with van der Waals surface area (Å²) in [5, 5.41) is 12.1. The maximum atomic E-state index is 2.89. The van der Waals surface area contributed by atoms with E-state index in [9.17, 15) is 0 Å². The van der Waals surface area contributed by atoms with Gasteiger partial charge < -0.3 is 0 Å². The van der Waals surface area contributed by atoms with Crippen LogP contribution in [0.3, 0.4) is 0 Å². The Balaban J connectivity index is 1.84. The Morgan fingerprint density at radius 3 is 1.05 bits per heavy atom. The summed E-state index contributed by atoms with van der Waals surface area (Å²) in [4.78, 5) is 0. The molecule has 0 unspecified atom stereocenters. The maximum absolute atomic E-state index is 2.89. The molecule has 6 aromatic carbocycles. The molecule has 210 valence electrons. The largest absolute Gasteiger partial charge is 0.104 e. The van der Waals surface area contributed by atoms with Crippen molar-refractivity contribution in [2.75, 3.05) is 0 Å². The van der Waals surface area contributed by atoms with Crippen molar-refractivity contribution in [1.82, 2.24) is 0 Å². The van der Waals surface area contributed by atoms with E-state index < -0.39 is 29.4 Å². The van der Waals surface area contributed by atoms with Crippen LogP contribution in [-0.4, -0.2) is 29.4 Å². The highest BCUT2D eigenvalue weighted by Crippen LogP contribution is 2.39. The van der Waals surface area contributed by atoms with Crippen molar-refractivity contribution in [3.8, 4) is 0 Å². The van der Waals surface area contributed by atoms with Gasteiger partial charge in [-0.25, -0.2) is 0 Å². The van der Waals surface area contributed by atoms with Crippen molar-refractivity contribution in [3.05, 3.63) is 146 Å². The maximum Gasteiger partial charge on any atom is 0.104 e. The predicted molar refractivity (Wildman–Crippen MR) is 198 cm³/mol. The molecule has 0 aromatic heterocycles. The first-order chi connectivity index (χ1) is 20.1. The van der Waals surface area contributed by atoms with Crippen molar-refractivity contribution < 1.29 is 0 Å². The van der Waals surface area contributed by atoms with Gasteiger partial charge in [0.15, 0.2) is 0 Å². The topological polar surface area (TPSA) is 0 Å². The van der Waals surface area contributed by atoms with Gasteiger partial charge in [0.25, 0.3) is 0 Å². The number of rotatable bonds is 7. The van der Waals surface area contributed by atoms with Crippen molar-refractivity contribution in [3.63, 3.8) is 0 Å². The molecule has 0 saturated carbocycles. The summed E-state index contributed by atoms with van der Waals surface area (Å²) in [6, 6.07) is 56.2. The van der Waals surface area contributed by atoms with E-state index in [2.05, 4.69) is 185 Å². The fourth-order valence-electron chi connectivity index (χ4n) is 8.29. The minimum absolute atomic E-state index is 1.37. The molecule has 6 rings (SSSR count). The van der Waals surface area contributed by atoms with Gasteiger partial charge in [-0.1, -0.05) is 195 Å². The third kappa shape index (κ3) is 4.19. The van der Waals surface area contributed by atoms with Gasteiger partial charge in [-0.15, -0.1) is 0 Å². The van der Waals surface area contributed by atoms with Gasteiger partial charge in [0, 0.05) is 7.59 Å². The molecule has 0 N–H and O–H groups in total. The first kappa shape index (κ1) is 28.8. The molecule has 0 radical (unpaired) electrons. The summed E-state index contributed by atoms with van der Waals surface area (Å²) in [5.41, 5.74) is 0. The minimum Gasteiger partial charge on any atom is -0.0734 e. The summed E-state index contributed by atoms with van der Waals surface area (Å²) in [5.74, 6) is 0. The van der Waals surface area contributed by atoms with Crippen LogP contribution in [0, 0.1) is 0 Å². The highest BCUT2D eigenvalue weighted by Gasteiger charge is 2.68. The van der Waals surface area contributed by atoms with Crippen LogP contribution in [0.2, 0.25) is 39.3 Å². The average Bonchev–Trinajstić information content (AvgIpc) is 3.03. The minimum atomic E-state index is -2.38. The molecule has 0 bridgehead atoms. The number of hydrogen-bond donors (Lipinski definition) is 0. The first-order valence-electron chi connectivity index (χ1n) is 15.2. The number of benzene rings is 6. The molecule has 0 aliphatic heterocycles. The van der Waals surface area contributed by atoms with Crippen LogP contribution in [0.25, 0.3) is 21.5 Å². The molecule has 0 aliphatic rings. The van der Waals surface area contributed by atoms with E-state index in [0.29, 0.717) is 0 Å². The Morgan fingerprint density at radius 2 is 0.667 bits per heavy atom. The summed E-state index contributed by atoms with van der Waals surface area (Å²) in [6.07, 6.45) is 0. The molecular formula is C38H42Si4. The molecule has 0 fully saturated rings. The van der Waals surface area contributed by atoms with E-state index in [1.54, 1.807) is 20.7 Å². The predicted octanol–water partition coefficient (Wildman–Crippen LogP) is 7.73. The molecule has 6 aromatic rings. The Labute approximate surface area is 255 Å². The van der Waals surface area contributed by atoms with Gasteiger partial charge in [0.1, 0.15) is 15.2 Å². The third-order valence-electron chi connectivity index (χ3n) is 10.9. The Kier molecular flexibility index (Phi) is 7.38. The van der Waals surface area contributed by atoms with E-state index in [1.807, 2.05) is 0 Å². The lowest BCUT2D eigenvalue weighted by Crippen LogP contribution is -2.95. The lowest BCUT2D eigenvalue weighted by atomic mass is 10.1. The second-order valence-corrected chi connectivity index (χ2v) is 50.9. The second kappa shape index (κ2) is 10.8. The van der Waals surface area contributed by atoms with Crippen LogP contribution in [0.15, 0.2) is 146 Å². The normalized spacial score (nSPS) is 15.3. The van der Waals surface area contributed by atoms with Gasteiger partial charge >= 0.3 is 0 Å². The zero-order valence-electron chi connectivity index (χ0n) is 25.9. The fraction of sp³-hybridized carbons (Fsp3) is 0.158. The van der Waals surface area contributed by atoms with E-state index in [-0.39, 0.29) is 0 Å². The molecule has 0 aliphatic carbocycles.